The highest BCUT2D eigenvalue weighted by molar-refractivity contribution is 6.09. The van der Waals surface area contributed by atoms with Crippen LogP contribution in [0.25, 0.3) is 0 Å². The van der Waals surface area contributed by atoms with Crippen LogP contribution in [0, 0.1) is 13.8 Å². The van der Waals surface area contributed by atoms with Gasteiger partial charge in [-0.3, -0.25) is 14.5 Å². The van der Waals surface area contributed by atoms with Crippen LogP contribution < -0.4 is 10.6 Å². The molecule has 0 bridgehead atoms. The summed E-state index contributed by atoms with van der Waals surface area (Å²) in [7, 11) is 0. The minimum Gasteiger partial charge on any atom is -0.374 e. The molecule has 0 heterocycles. The maximum atomic E-state index is 12.8. The Morgan fingerprint density at radius 3 is 2.27 bits per heavy atom. The van der Waals surface area contributed by atoms with Crippen LogP contribution in [0.3, 0.4) is 0 Å². The van der Waals surface area contributed by atoms with Crippen LogP contribution >= 0.6 is 0 Å². The molecule has 0 spiro atoms. The Hall–Kier alpha value is -2.66. The highest BCUT2D eigenvalue weighted by Gasteiger charge is 2.24. The van der Waals surface area contributed by atoms with Crippen molar-refractivity contribution in [2.75, 3.05) is 11.5 Å². The zero-order valence-corrected chi connectivity index (χ0v) is 15.8. The fourth-order valence-electron chi connectivity index (χ4n) is 2.88. The van der Waals surface area contributed by atoms with Gasteiger partial charge < -0.3 is 10.5 Å². The number of nitrogens with zero attached hydrogens (tertiary/aromatic N) is 1. The number of anilines is 2. The summed E-state index contributed by atoms with van der Waals surface area (Å²) in [6.45, 7) is 8.42. The van der Waals surface area contributed by atoms with Crippen LogP contribution in [0.5, 0.6) is 0 Å². The molecule has 1 unspecified atom stereocenters. The second-order valence-corrected chi connectivity index (χ2v) is 6.37. The highest BCUT2D eigenvalue weighted by Crippen LogP contribution is 2.35. The number of rotatable bonds is 7. The van der Waals surface area contributed by atoms with E-state index in [1.165, 1.54) is 0 Å². The smallest absolute Gasteiger partial charge is 0.240 e. The first-order valence-electron chi connectivity index (χ1n) is 8.73. The predicted octanol–water partition coefficient (Wildman–Crippen LogP) is 3.94. The number of carbonyl (C=O) groups is 2. The van der Waals surface area contributed by atoms with Gasteiger partial charge in [0.25, 0.3) is 0 Å². The van der Waals surface area contributed by atoms with E-state index >= 15 is 0 Å². The van der Waals surface area contributed by atoms with Crippen LogP contribution in [-0.4, -0.2) is 18.4 Å². The van der Waals surface area contributed by atoms with E-state index < -0.39 is 5.91 Å². The Labute approximate surface area is 154 Å². The predicted molar refractivity (Wildman–Crippen MR) is 103 cm³/mol. The molecule has 0 aliphatic carbocycles. The zero-order chi connectivity index (χ0) is 19.3. The average Bonchev–Trinajstić information content (AvgIpc) is 2.57. The molecule has 138 valence electrons. The number of hydrogen-bond donors (Lipinski definition) is 1. The Kier molecular flexibility index (Phi) is 6.52. The molecule has 0 fully saturated rings. The summed E-state index contributed by atoms with van der Waals surface area (Å²) in [6, 6.07) is 13.4. The molecule has 5 nitrogen and oxygen atoms in total. The van der Waals surface area contributed by atoms with Gasteiger partial charge in [-0.05, 0) is 45.9 Å². The van der Waals surface area contributed by atoms with Crippen molar-refractivity contribution in [3.63, 3.8) is 0 Å². The van der Waals surface area contributed by atoms with Gasteiger partial charge >= 0.3 is 0 Å². The van der Waals surface area contributed by atoms with Gasteiger partial charge in [-0.2, -0.15) is 0 Å². The summed E-state index contributed by atoms with van der Waals surface area (Å²) in [5, 5.41) is 0. The maximum Gasteiger partial charge on any atom is 0.240 e. The zero-order valence-electron chi connectivity index (χ0n) is 15.8. The van der Waals surface area contributed by atoms with Gasteiger partial charge in [-0.1, -0.05) is 35.4 Å². The number of hydrogen-bond acceptors (Lipinski definition) is 3. The first kappa shape index (κ1) is 19.7. The molecule has 0 aromatic heterocycles. The summed E-state index contributed by atoms with van der Waals surface area (Å²) in [4.78, 5) is 25.7. The monoisotopic (exact) mass is 354 g/mol. The lowest BCUT2D eigenvalue weighted by Crippen LogP contribution is -2.31. The van der Waals surface area contributed by atoms with Crippen molar-refractivity contribution in [1.82, 2.24) is 0 Å². The first-order chi connectivity index (χ1) is 12.3. The van der Waals surface area contributed by atoms with Gasteiger partial charge in [-0.15, -0.1) is 0 Å². The molecule has 0 saturated carbocycles. The van der Waals surface area contributed by atoms with E-state index in [9.17, 15) is 9.59 Å². The van der Waals surface area contributed by atoms with E-state index in [0.717, 1.165) is 16.7 Å². The van der Waals surface area contributed by atoms with Gasteiger partial charge in [0.15, 0.2) is 0 Å². The molecule has 26 heavy (non-hydrogen) atoms. The Balaban J connectivity index is 2.59. The fraction of sp³-hybridized carbons (Fsp3) is 0.333. The third-order valence-corrected chi connectivity index (χ3v) is 4.15. The molecule has 2 rings (SSSR count). The Morgan fingerprint density at radius 2 is 1.69 bits per heavy atom. The Morgan fingerprint density at radius 1 is 1.08 bits per heavy atom. The number of primary amides is 1. The molecule has 2 amide bonds. The molecule has 2 aromatic carbocycles. The quantitative estimate of drug-likeness (QED) is 0.766. The third-order valence-electron chi connectivity index (χ3n) is 4.15. The first-order valence-corrected chi connectivity index (χ1v) is 8.73. The molecule has 0 aliphatic rings. The van der Waals surface area contributed by atoms with E-state index in [-0.39, 0.29) is 18.4 Å². The lowest BCUT2D eigenvalue weighted by atomic mass is 10.0. The van der Waals surface area contributed by atoms with E-state index in [0.29, 0.717) is 18.0 Å². The number of aryl methyl sites for hydroxylation is 2. The largest absolute Gasteiger partial charge is 0.374 e. The van der Waals surface area contributed by atoms with Crippen LogP contribution in [0.2, 0.25) is 0 Å². The summed E-state index contributed by atoms with van der Waals surface area (Å²) >= 11 is 0. The fourth-order valence-corrected chi connectivity index (χ4v) is 2.88. The summed E-state index contributed by atoms with van der Waals surface area (Å²) in [5.74, 6) is -1.02. The van der Waals surface area contributed by atoms with Crippen molar-refractivity contribution in [2.24, 2.45) is 5.73 Å². The minimum absolute atomic E-state index is 0.191. The van der Waals surface area contributed by atoms with E-state index in [2.05, 4.69) is 0 Å². The van der Waals surface area contributed by atoms with Gasteiger partial charge in [0.1, 0.15) is 6.42 Å². The SMILES string of the molecule is CCOC(C)c1cc(C)ccc1N(C(=O)CC(N)=O)c1ccc(C)cc1. The van der Waals surface area contributed by atoms with Crippen molar-refractivity contribution in [2.45, 2.75) is 40.2 Å². The standard InChI is InChI=1S/C21H26N2O3/c1-5-26-16(4)18-12-15(3)8-11-19(18)23(21(25)13-20(22)24)17-9-6-14(2)7-10-17/h6-12,16H,5,13H2,1-4H3,(H2,22,24). The topological polar surface area (TPSA) is 72.6 Å². The van der Waals surface area contributed by atoms with Gasteiger partial charge in [-0.25, -0.2) is 0 Å². The molecular formula is C21H26N2O3. The molecule has 0 aliphatic heterocycles. The minimum atomic E-state index is -0.654. The highest BCUT2D eigenvalue weighted by atomic mass is 16.5. The normalized spacial score (nSPS) is 11.8. The van der Waals surface area contributed by atoms with Crippen LogP contribution in [-0.2, 0) is 14.3 Å². The molecule has 2 aromatic rings. The van der Waals surface area contributed by atoms with Crippen molar-refractivity contribution in [3.05, 3.63) is 59.2 Å². The second-order valence-electron chi connectivity index (χ2n) is 6.37. The van der Waals surface area contributed by atoms with E-state index in [1.807, 2.05) is 70.2 Å². The number of benzene rings is 2. The van der Waals surface area contributed by atoms with Crippen molar-refractivity contribution < 1.29 is 14.3 Å². The lowest BCUT2D eigenvalue weighted by Gasteiger charge is -2.27. The van der Waals surface area contributed by atoms with Crippen LogP contribution in [0.1, 0.15) is 43.1 Å². The number of amides is 2. The van der Waals surface area contributed by atoms with Crippen molar-refractivity contribution in [1.29, 1.82) is 0 Å². The van der Waals surface area contributed by atoms with Gasteiger partial charge in [0, 0.05) is 17.9 Å². The van der Waals surface area contributed by atoms with Crippen LogP contribution in [0.4, 0.5) is 11.4 Å². The number of ether oxygens (including phenoxy) is 1. The van der Waals surface area contributed by atoms with E-state index in [1.54, 1.807) is 4.90 Å². The number of carbonyl (C=O) groups excluding carboxylic acids is 2. The maximum absolute atomic E-state index is 12.8. The molecule has 1 atom stereocenters. The molecule has 2 N–H and O–H groups in total. The molecular weight excluding hydrogens is 328 g/mol. The molecule has 0 radical (unpaired) electrons. The molecule has 5 heteroatoms. The van der Waals surface area contributed by atoms with Crippen molar-refractivity contribution in [3.8, 4) is 0 Å². The van der Waals surface area contributed by atoms with Crippen molar-refractivity contribution >= 4 is 23.2 Å². The van der Waals surface area contributed by atoms with E-state index in [4.69, 9.17) is 10.5 Å². The number of nitrogens with two attached hydrogens (primary N) is 1. The summed E-state index contributed by atoms with van der Waals surface area (Å²) in [6.07, 6.45) is -0.547. The summed E-state index contributed by atoms with van der Waals surface area (Å²) < 4.78 is 5.76. The van der Waals surface area contributed by atoms with Gasteiger partial charge in [0.2, 0.25) is 11.8 Å². The second kappa shape index (κ2) is 8.63. The van der Waals surface area contributed by atoms with Gasteiger partial charge in [0.05, 0.1) is 11.8 Å². The Bertz CT molecular complexity index is 784. The third kappa shape index (κ3) is 4.70. The summed E-state index contributed by atoms with van der Waals surface area (Å²) in [5.41, 5.74) is 9.71. The average molecular weight is 354 g/mol. The molecule has 0 saturated heterocycles. The lowest BCUT2D eigenvalue weighted by molar-refractivity contribution is -0.125. The van der Waals surface area contributed by atoms with Crippen LogP contribution in [0.15, 0.2) is 42.5 Å².